The zero-order valence-electron chi connectivity index (χ0n) is 13.5. The number of rotatable bonds is 5. The number of carbonyl (C=O) groups excluding carboxylic acids is 1. The van der Waals surface area contributed by atoms with E-state index in [1.807, 2.05) is 12.1 Å². The van der Waals surface area contributed by atoms with Gasteiger partial charge in [0.1, 0.15) is 0 Å². The molecule has 0 aromatic heterocycles. The summed E-state index contributed by atoms with van der Waals surface area (Å²) in [5.41, 5.74) is 7.52. The van der Waals surface area contributed by atoms with Gasteiger partial charge in [-0.05, 0) is 63.5 Å². The maximum atomic E-state index is 11.2. The molecular weight excluding hydrogens is 274 g/mol. The van der Waals surface area contributed by atoms with Crippen LogP contribution in [0.5, 0.6) is 0 Å². The third-order valence-electron chi connectivity index (χ3n) is 5.65. The lowest BCUT2D eigenvalue weighted by Gasteiger charge is -2.37. The molecule has 1 spiro atoms. The van der Waals surface area contributed by atoms with Crippen molar-refractivity contribution in [3.05, 3.63) is 35.4 Å². The second-order valence-electron chi connectivity index (χ2n) is 6.84. The highest BCUT2D eigenvalue weighted by atomic mass is 16.1. The Kier molecular flexibility index (Phi) is 4.50. The summed E-state index contributed by atoms with van der Waals surface area (Å²) in [5, 5.41) is 3.78. The molecule has 120 valence electrons. The highest BCUT2D eigenvalue weighted by Crippen LogP contribution is 2.42. The number of carbonyl (C=O) groups is 1. The Morgan fingerprint density at radius 3 is 2.91 bits per heavy atom. The normalized spacial score (nSPS) is 24.1. The SMILES string of the molecule is CN1CCC(NCCc2cccc(C(N)=O)c2)C12CCCC2. The molecule has 1 atom stereocenters. The van der Waals surface area contributed by atoms with Crippen molar-refractivity contribution in [2.24, 2.45) is 5.73 Å². The highest BCUT2D eigenvalue weighted by Gasteiger charge is 2.47. The summed E-state index contributed by atoms with van der Waals surface area (Å²) in [7, 11) is 2.28. The average Bonchev–Trinajstić information content (AvgIpc) is 3.11. The van der Waals surface area contributed by atoms with E-state index in [1.54, 1.807) is 6.07 Å². The molecule has 0 radical (unpaired) electrons. The summed E-state index contributed by atoms with van der Waals surface area (Å²) in [4.78, 5) is 13.8. The molecule has 4 heteroatoms. The van der Waals surface area contributed by atoms with Gasteiger partial charge in [-0.15, -0.1) is 0 Å². The van der Waals surface area contributed by atoms with Gasteiger partial charge in [0, 0.05) is 17.1 Å². The molecule has 1 saturated heterocycles. The van der Waals surface area contributed by atoms with Gasteiger partial charge in [-0.25, -0.2) is 0 Å². The fourth-order valence-corrected chi connectivity index (χ4v) is 4.36. The minimum atomic E-state index is -0.350. The Hall–Kier alpha value is -1.39. The molecule has 4 nitrogen and oxygen atoms in total. The van der Waals surface area contributed by atoms with Gasteiger partial charge in [0.05, 0.1) is 0 Å². The van der Waals surface area contributed by atoms with E-state index in [-0.39, 0.29) is 5.91 Å². The fourth-order valence-electron chi connectivity index (χ4n) is 4.36. The van der Waals surface area contributed by atoms with Gasteiger partial charge in [0.15, 0.2) is 0 Å². The van der Waals surface area contributed by atoms with Crippen molar-refractivity contribution in [1.29, 1.82) is 0 Å². The quantitative estimate of drug-likeness (QED) is 0.874. The topological polar surface area (TPSA) is 58.4 Å². The van der Waals surface area contributed by atoms with E-state index in [0.29, 0.717) is 17.1 Å². The molecule has 1 amide bonds. The minimum Gasteiger partial charge on any atom is -0.366 e. The van der Waals surface area contributed by atoms with Gasteiger partial charge in [-0.1, -0.05) is 25.0 Å². The summed E-state index contributed by atoms with van der Waals surface area (Å²) in [6, 6.07) is 8.28. The first-order valence-electron chi connectivity index (χ1n) is 8.45. The van der Waals surface area contributed by atoms with Crippen LogP contribution in [0.2, 0.25) is 0 Å². The first kappa shape index (κ1) is 15.5. The van der Waals surface area contributed by atoms with Crippen molar-refractivity contribution >= 4 is 5.91 Å². The zero-order chi connectivity index (χ0) is 15.6. The number of nitrogens with two attached hydrogens (primary N) is 1. The Labute approximate surface area is 133 Å². The summed E-state index contributed by atoms with van der Waals surface area (Å²) < 4.78 is 0. The van der Waals surface area contributed by atoms with E-state index in [1.165, 1.54) is 44.2 Å². The van der Waals surface area contributed by atoms with Crippen molar-refractivity contribution in [2.75, 3.05) is 20.1 Å². The summed E-state index contributed by atoms with van der Waals surface area (Å²) >= 11 is 0. The van der Waals surface area contributed by atoms with Crippen LogP contribution in [0.15, 0.2) is 24.3 Å². The van der Waals surface area contributed by atoms with Crippen LogP contribution in [0.3, 0.4) is 0 Å². The summed E-state index contributed by atoms with van der Waals surface area (Å²) in [5.74, 6) is -0.350. The Bertz CT molecular complexity index is 537. The number of benzene rings is 1. The maximum Gasteiger partial charge on any atom is 0.248 e. The van der Waals surface area contributed by atoms with Crippen LogP contribution in [-0.4, -0.2) is 42.5 Å². The first-order valence-corrected chi connectivity index (χ1v) is 8.45. The second kappa shape index (κ2) is 6.39. The predicted molar refractivity (Wildman–Crippen MR) is 88.9 cm³/mol. The molecule has 1 aliphatic heterocycles. The van der Waals surface area contributed by atoms with Crippen LogP contribution >= 0.6 is 0 Å². The van der Waals surface area contributed by atoms with Crippen LogP contribution < -0.4 is 11.1 Å². The highest BCUT2D eigenvalue weighted by molar-refractivity contribution is 5.92. The predicted octanol–water partition coefficient (Wildman–Crippen LogP) is 1.93. The number of hydrogen-bond acceptors (Lipinski definition) is 3. The van der Waals surface area contributed by atoms with Gasteiger partial charge < -0.3 is 11.1 Å². The van der Waals surface area contributed by atoms with Crippen LogP contribution in [0.4, 0.5) is 0 Å². The third-order valence-corrected chi connectivity index (χ3v) is 5.65. The largest absolute Gasteiger partial charge is 0.366 e. The molecular formula is C18H27N3O. The zero-order valence-corrected chi connectivity index (χ0v) is 13.5. The number of hydrogen-bond donors (Lipinski definition) is 2. The van der Waals surface area contributed by atoms with E-state index in [4.69, 9.17) is 5.73 Å². The minimum absolute atomic E-state index is 0.350. The molecule has 22 heavy (non-hydrogen) atoms. The van der Waals surface area contributed by atoms with Crippen molar-refractivity contribution in [1.82, 2.24) is 10.2 Å². The number of amides is 1. The lowest BCUT2D eigenvalue weighted by atomic mass is 9.89. The molecule has 2 aliphatic rings. The third kappa shape index (κ3) is 2.90. The van der Waals surface area contributed by atoms with Crippen molar-refractivity contribution in [2.45, 2.75) is 50.1 Å². The van der Waals surface area contributed by atoms with E-state index in [9.17, 15) is 4.79 Å². The van der Waals surface area contributed by atoms with Crippen LogP contribution in [0.25, 0.3) is 0 Å². The first-order chi connectivity index (χ1) is 10.6. The maximum absolute atomic E-state index is 11.2. The fraction of sp³-hybridized carbons (Fsp3) is 0.611. The average molecular weight is 301 g/mol. The van der Waals surface area contributed by atoms with Gasteiger partial charge in [-0.2, -0.15) is 0 Å². The Balaban J connectivity index is 1.57. The van der Waals surface area contributed by atoms with Crippen LogP contribution in [-0.2, 0) is 6.42 Å². The lowest BCUT2D eigenvalue weighted by Crippen LogP contribution is -2.52. The molecule has 2 fully saturated rings. The molecule has 3 N–H and O–H groups in total. The van der Waals surface area contributed by atoms with E-state index < -0.39 is 0 Å². The molecule has 0 bridgehead atoms. The van der Waals surface area contributed by atoms with Gasteiger partial charge in [0.2, 0.25) is 5.91 Å². The lowest BCUT2D eigenvalue weighted by molar-refractivity contribution is 0.1000. The van der Waals surface area contributed by atoms with Gasteiger partial charge >= 0.3 is 0 Å². The molecule has 1 aromatic carbocycles. The number of likely N-dealkylation sites (tertiary alicyclic amines) is 1. The van der Waals surface area contributed by atoms with E-state index in [2.05, 4.69) is 23.3 Å². The standard InChI is InChI=1S/C18H27N3O/c1-21-12-8-16(18(21)9-2-3-10-18)20-11-7-14-5-4-6-15(13-14)17(19)22/h4-6,13,16,20H,2-3,7-12H2,1H3,(H2,19,22). The Morgan fingerprint density at radius 1 is 1.41 bits per heavy atom. The second-order valence-corrected chi connectivity index (χ2v) is 6.84. The van der Waals surface area contributed by atoms with Gasteiger partial charge in [0.25, 0.3) is 0 Å². The molecule has 1 heterocycles. The van der Waals surface area contributed by atoms with Crippen molar-refractivity contribution in [3.63, 3.8) is 0 Å². The van der Waals surface area contributed by atoms with Crippen LogP contribution in [0, 0.1) is 0 Å². The number of nitrogens with zero attached hydrogens (tertiary/aromatic N) is 1. The number of nitrogens with one attached hydrogen (secondary N) is 1. The van der Waals surface area contributed by atoms with Crippen molar-refractivity contribution < 1.29 is 4.79 Å². The summed E-state index contributed by atoms with van der Waals surface area (Å²) in [6.45, 7) is 2.16. The van der Waals surface area contributed by atoms with Crippen molar-refractivity contribution in [3.8, 4) is 0 Å². The molecule has 1 aromatic rings. The molecule has 3 rings (SSSR count). The summed E-state index contributed by atoms with van der Waals surface area (Å²) in [6.07, 6.45) is 7.58. The van der Waals surface area contributed by atoms with E-state index in [0.717, 1.165) is 13.0 Å². The number of likely N-dealkylation sites (N-methyl/N-ethyl adjacent to an activating group) is 1. The Morgan fingerprint density at radius 2 is 2.18 bits per heavy atom. The molecule has 1 aliphatic carbocycles. The monoisotopic (exact) mass is 301 g/mol. The molecule has 1 unspecified atom stereocenters. The number of primary amides is 1. The van der Waals surface area contributed by atoms with Gasteiger partial charge in [-0.3, -0.25) is 9.69 Å². The van der Waals surface area contributed by atoms with E-state index >= 15 is 0 Å². The molecule has 1 saturated carbocycles. The van der Waals surface area contributed by atoms with Crippen LogP contribution in [0.1, 0.15) is 48.0 Å². The smallest absolute Gasteiger partial charge is 0.248 e.